The Morgan fingerprint density at radius 1 is 1.38 bits per heavy atom. The second-order valence-electron chi connectivity index (χ2n) is 4.27. The molecule has 84 valence electrons. The molecule has 0 saturated heterocycles. The molecule has 1 aromatic heterocycles. The molecule has 0 atom stereocenters. The fourth-order valence-corrected chi connectivity index (χ4v) is 2.05. The number of para-hydroxylation sites is 1. The third kappa shape index (κ3) is 2.02. The first-order valence-corrected chi connectivity index (χ1v) is 5.58. The van der Waals surface area contributed by atoms with Crippen molar-refractivity contribution in [1.82, 2.24) is 9.88 Å². The van der Waals surface area contributed by atoms with E-state index in [1.165, 1.54) is 22.2 Å². The van der Waals surface area contributed by atoms with Crippen LogP contribution in [0.25, 0.3) is 10.9 Å². The van der Waals surface area contributed by atoms with Gasteiger partial charge in [0.05, 0.1) is 0 Å². The van der Waals surface area contributed by atoms with Gasteiger partial charge in [0.2, 0.25) is 0 Å². The second-order valence-corrected chi connectivity index (χ2v) is 4.27. The van der Waals surface area contributed by atoms with Crippen LogP contribution < -0.4 is 5.32 Å². The van der Waals surface area contributed by atoms with Gasteiger partial charge in [0.15, 0.2) is 0 Å². The molecule has 0 aliphatic rings. The predicted octanol–water partition coefficient (Wildman–Crippen LogP) is 2.94. The summed E-state index contributed by atoms with van der Waals surface area (Å²) in [5, 5.41) is 4.51. The van der Waals surface area contributed by atoms with Crippen molar-refractivity contribution in [3.63, 3.8) is 0 Å². The molecule has 16 heavy (non-hydrogen) atoms. The summed E-state index contributed by atoms with van der Waals surface area (Å²) in [4.78, 5) is 0. The highest BCUT2D eigenvalue weighted by molar-refractivity contribution is 5.81. The van der Waals surface area contributed by atoms with Crippen molar-refractivity contribution in [1.29, 1.82) is 0 Å². The molecule has 2 rings (SSSR count). The van der Waals surface area contributed by atoms with Crippen LogP contribution in [0.1, 0.15) is 12.6 Å². The number of fused-ring (bicyclic) bond motifs is 1. The number of aromatic nitrogens is 1. The zero-order valence-corrected chi connectivity index (χ0v) is 9.96. The number of benzene rings is 1. The number of allylic oxidation sites excluding steroid dienone is 1. The van der Waals surface area contributed by atoms with E-state index in [0.29, 0.717) is 0 Å². The Balaban J connectivity index is 2.54. The molecule has 1 heterocycles. The first-order chi connectivity index (χ1) is 7.72. The zero-order valence-electron chi connectivity index (χ0n) is 9.96. The normalized spacial score (nSPS) is 10.9. The predicted molar refractivity (Wildman–Crippen MR) is 69.5 cm³/mol. The van der Waals surface area contributed by atoms with Crippen LogP contribution >= 0.6 is 0 Å². The Morgan fingerprint density at radius 2 is 2.12 bits per heavy atom. The molecule has 0 saturated carbocycles. The lowest BCUT2D eigenvalue weighted by molar-refractivity contribution is 0.704. The van der Waals surface area contributed by atoms with E-state index in [9.17, 15) is 0 Å². The van der Waals surface area contributed by atoms with Gasteiger partial charge in [-0.05, 0) is 31.5 Å². The number of nitrogens with one attached hydrogen (secondary N) is 1. The number of rotatable bonds is 4. The van der Waals surface area contributed by atoms with Gasteiger partial charge in [0.1, 0.15) is 0 Å². The molecule has 0 aliphatic carbocycles. The molecule has 0 fully saturated rings. The molecule has 2 heteroatoms. The van der Waals surface area contributed by atoms with E-state index in [2.05, 4.69) is 53.7 Å². The lowest BCUT2D eigenvalue weighted by atomic mass is 10.2. The Morgan fingerprint density at radius 3 is 2.81 bits per heavy atom. The highest BCUT2D eigenvalue weighted by Crippen LogP contribution is 2.20. The van der Waals surface area contributed by atoms with Crippen molar-refractivity contribution in [2.75, 3.05) is 7.05 Å². The summed E-state index contributed by atoms with van der Waals surface area (Å²) in [6.45, 7) is 7.85. The van der Waals surface area contributed by atoms with Crippen LogP contribution in [0.4, 0.5) is 0 Å². The first-order valence-electron chi connectivity index (χ1n) is 5.58. The maximum absolute atomic E-state index is 4.00. The van der Waals surface area contributed by atoms with Crippen LogP contribution in [0.3, 0.4) is 0 Å². The molecular formula is C14H18N2. The van der Waals surface area contributed by atoms with Gasteiger partial charge in [-0.15, -0.1) is 0 Å². The van der Waals surface area contributed by atoms with Gasteiger partial charge < -0.3 is 9.88 Å². The average Bonchev–Trinajstić information content (AvgIpc) is 2.57. The Hall–Kier alpha value is -1.54. The monoisotopic (exact) mass is 214 g/mol. The van der Waals surface area contributed by atoms with Crippen molar-refractivity contribution >= 4 is 10.9 Å². The summed E-state index contributed by atoms with van der Waals surface area (Å²) in [5.41, 5.74) is 3.78. The van der Waals surface area contributed by atoms with Crippen molar-refractivity contribution < 1.29 is 0 Å². The lowest BCUT2D eigenvalue weighted by Gasteiger charge is -2.10. The van der Waals surface area contributed by atoms with Gasteiger partial charge in [0, 0.05) is 24.3 Å². The van der Waals surface area contributed by atoms with Gasteiger partial charge in [-0.3, -0.25) is 0 Å². The van der Waals surface area contributed by atoms with Gasteiger partial charge in [0.25, 0.3) is 0 Å². The van der Waals surface area contributed by atoms with E-state index in [4.69, 9.17) is 0 Å². The minimum atomic E-state index is 0.891. The lowest BCUT2D eigenvalue weighted by Crippen LogP contribution is -2.11. The number of hydrogen-bond donors (Lipinski definition) is 1. The fourth-order valence-electron chi connectivity index (χ4n) is 2.05. The average molecular weight is 214 g/mol. The molecule has 0 spiro atoms. The molecule has 1 N–H and O–H groups in total. The van der Waals surface area contributed by atoms with E-state index < -0.39 is 0 Å². The minimum Gasteiger partial charge on any atom is -0.339 e. The smallest absolute Gasteiger partial charge is 0.0485 e. The summed E-state index contributed by atoms with van der Waals surface area (Å²) in [6.07, 6.45) is 0. The van der Waals surface area contributed by atoms with E-state index in [0.717, 1.165) is 13.1 Å². The van der Waals surface area contributed by atoms with Gasteiger partial charge >= 0.3 is 0 Å². The van der Waals surface area contributed by atoms with Crippen LogP contribution in [0, 0.1) is 0 Å². The molecule has 0 radical (unpaired) electrons. The third-order valence-corrected chi connectivity index (χ3v) is 2.68. The Bertz CT molecular complexity index is 508. The number of nitrogens with zero attached hydrogens (tertiary/aromatic N) is 1. The molecule has 1 aromatic carbocycles. The van der Waals surface area contributed by atoms with Crippen LogP contribution in [0.5, 0.6) is 0 Å². The van der Waals surface area contributed by atoms with Crippen molar-refractivity contribution in [2.45, 2.75) is 20.0 Å². The first kappa shape index (κ1) is 11.0. The van der Waals surface area contributed by atoms with Crippen LogP contribution in [-0.2, 0) is 13.1 Å². The third-order valence-electron chi connectivity index (χ3n) is 2.68. The second kappa shape index (κ2) is 4.54. The maximum atomic E-state index is 4.00. The SMILES string of the molecule is C=C(C)Cn1c(CNC)cc2ccccc21. The summed E-state index contributed by atoms with van der Waals surface area (Å²) in [7, 11) is 1.97. The van der Waals surface area contributed by atoms with Crippen LogP contribution in [0.2, 0.25) is 0 Å². The van der Waals surface area contributed by atoms with E-state index >= 15 is 0 Å². The van der Waals surface area contributed by atoms with E-state index in [1.54, 1.807) is 0 Å². The molecule has 2 nitrogen and oxygen atoms in total. The summed E-state index contributed by atoms with van der Waals surface area (Å²) >= 11 is 0. The summed E-state index contributed by atoms with van der Waals surface area (Å²) in [5.74, 6) is 0. The van der Waals surface area contributed by atoms with Gasteiger partial charge in [-0.25, -0.2) is 0 Å². The molecule has 2 aromatic rings. The highest BCUT2D eigenvalue weighted by Gasteiger charge is 2.07. The van der Waals surface area contributed by atoms with E-state index in [-0.39, 0.29) is 0 Å². The van der Waals surface area contributed by atoms with Crippen molar-refractivity contribution in [3.8, 4) is 0 Å². The molecule has 0 amide bonds. The zero-order chi connectivity index (χ0) is 11.5. The summed E-state index contributed by atoms with van der Waals surface area (Å²) < 4.78 is 2.33. The Labute approximate surface area is 96.6 Å². The summed E-state index contributed by atoms with van der Waals surface area (Å²) in [6, 6.07) is 10.7. The standard InChI is InChI=1S/C14H18N2/c1-11(2)10-16-13(9-15-3)8-12-6-4-5-7-14(12)16/h4-8,15H,1,9-10H2,2-3H3. The molecule has 0 unspecified atom stereocenters. The van der Waals surface area contributed by atoms with Gasteiger partial charge in [-0.1, -0.05) is 30.4 Å². The maximum Gasteiger partial charge on any atom is 0.0485 e. The number of hydrogen-bond acceptors (Lipinski definition) is 1. The quantitative estimate of drug-likeness (QED) is 0.774. The topological polar surface area (TPSA) is 17.0 Å². The molecule has 0 aliphatic heterocycles. The van der Waals surface area contributed by atoms with Gasteiger partial charge in [-0.2, -0.15) is 0 Å². The molecule has 0 bridgehead atoms. The van der Waals surface area contributed by atoms with Crippen molar-refractivity contribution in [2.24, 2.45) is 0 Å². The van der Waals surface area contributed by atoms with Crippen LogP contribution in [-0.4, -0.2) is 11.6 Å². The minimum absolute atomic E-state index is 0.891. The fraction of sp³-hybridized carbons (Fsp3) is 0.286. The highest BCUT2D eigenvalue weighted by atomic mass is 15.0. The van der Waals surface area contributed by atoms with Crippen molar-refractivity contribution in [3.05, 3.63) is 48.2 Å². The molecular weight excluding hydrogens is 196 g/mol. The Kier molecular flexibility index (Phi) is 3.11. The van der Waals surface area contributed by atoms with E-state index in [1.807, 2.05) is 7.05 Å². The largest absolute Gasteiger partial charge is 0.339 e. The van der Waals surface area contributed by atoms with Crippen LogP contribution in [0.15, 0.2) is 42.5 Å².